The second kappa shape index (κ2) is 4.78. The van der Waals surface area contributed by atoms with E-state index in [4.69, 9.17) is 18.0 Å². The van der Waals surface area contributed by atoms with Crippen LogP contribution in [-0.2, 0) is 0 Å². The first-order chi connectivity index (χ1) is 7.34. The molecule has 1 aromatic heterocycles. The van der Waals surface area contributed by atoms with Gasteiger partial charge in [-0.15, -0.1) is 0 Å². The first-order valence-electron chi connectivity index (χ1n) is 5.35. The average molecular weight is 237 g/mol. The molecule has 3 nitrogen and oxygen atoms in total. The Morgan fingerprint density at radius 3 is 2.44 bits per heavy atom. The van der Waals surface area contributed by atoms with Crippen LogP contribution in [0.3, 0.4) is 0 Å². The van der Waals surface area contributed by atoms with Crippen LogP contribution in [0.4, 0.5) is 5.82 Å². The van der Waals surface area contributed by atoms with Gasteiger partial charge < -0.3 is 10.6 Å². The average Bonchev–Trinajstić information content (AvgIpc) is 2.14. The van der Waals surface area contributed by atoms with Crippen molar-refractivity contribution in [3.63, 3.8) is 0 Å². The summed E-state index contributed by atoms with van der Waals surface area (Å²) in [5, 5.41) is 0. The maximum Gasteiger partial charge on any atom is 0.139 e. The highest BCUT2D eigenvalue weighted by molar-refractivity contribution is 7.80. The molecule has 1 rings (SSSR count). The van der Waals surface area contributed by atoms with E-state index in [0.717, 1.165) is 22.6 Å². The Bertz CT molecular complexity index is 413. The van der Waals surface area contributed by atoms with E-state index in [1.54, 1.807) is 0 Å². The fraction of sp³-hybridized carbons (Fsp3) is 0.500. The van der Waals surface area contributed by atoms with Crippen LogP contribution in [0.1, 0.15) is 30.7 Å². The Morgan fingerprint density at radius 2 is 2.00 bits per heavy atom. The lowest BCUT2D eigenvalue weighted by Gasteiger charge is -2.26. The van der Waals surface area contributed by atoms with E-state index in [0.29, 0.717) is 11.0 Å². The molecule has 0 saturated carbocycles. The van der Waals surface area contributed by atoms with Crippen LogP contribution in [0.2, 0.25) is 0 Å². The highest BCUT2D eigenvalue weighted by atomic mass is 32.1. The van der Waals surface area contributed by atoms with Gasteiger partial charge in [0.2, 0.25) is 0 Å². The molecule has 0 saturated heterocycles. The van der Waals surface area contributed by atoms with E-state index in [9.17, 15) is 0 Å². The van der Waals surface area contributed by atoms with Crippen molar-refractivity contribution >= 4 is 23.0 Å². The number of nitrogens with two attached hydrogens (primary N) is 1. The first-order valence-corrected chi connectivity index (χ1v) is 5.76. The summed E-state index contributed by atoms with van der Waals surface area (Å²) in [5.41, 5.74) is 8.73. The Kier molecular flexibility index (Phi) is 3.86. The van der Waals surface area contributed by atoms with Crippen LogP contribution in [0, 0.1) is 13.8 Å². The van der Waals surface area contributed by atoms with E-state index in [1.165, 1.54) is 0 Å². The van der Waals surface area contributed by atoms with Crippen LogP contribution >= 0.6 is 12.2 Å². The molecule has 16 heavy (non-hydrogen) atoms. The lowest BCUT2D eigenvalue weighted by atomic mass is 10.1. The third-order valence-corrected chi connectivity index (χ3v) is 2.88. The summed E-state index contributed by atoms with van der Waals surface area (Å²) in [6.45, 7) is 8.22. The summed E-state index contributed by atoms with van der Waals surface area (Å²) >= 11 is 5.10. The standard InChI is InChI=1S/C12H19N3S/c1-7(2)15(5)12-10(11(13)16)8(3)6-9(4)14-12/h6-7H,1-5H3,(H2,13,16). The largest absolute Gasteiger partial charge is 0.389 e. The molecule has 0 amide bonds. The fourth-order valence-corrected chi connectivity index (χ4v) is 1.87. The van der Waals surface area contributed by atoms with E-state index >= 15 is 0 Å². The third-order valence-electron chi connectivity index (χ3n) is 2.68. The minimum atomic E-state index is 0.363. The SMILES string of the molecule is Cc1cc(C)c(C(N)=S)c(N(C)C(C)C)n1. The van der Waals surface area contributed by atoms with E-state index in [2.05, 4.69) is 23.7 Å². The molecule has 0 atom stereocenters. The van der Waals surface area contributed by atoms with Crippen molar-refractivity contribution in [3.8, 4) is 0 Å². The summed E-state index contributed by atoms with van der Waals surface area (Å²) in [5.74, 6) is 0.875. The molecule has 0 spiro atoms. The van der Waals surface area contributed by atoms with Crippen LogP contribution in [0.5, 0.6) is 0 Å². The summed E-state index contributed by atoms with van der Waals surface area (Å²) in [6.07, 6.45) is 0. The van der Waals surface area contributed by atoms with Crippen LogP contribution < -0.4 is 10.6 Å². The molecule has 0 fully saturated rings. The highest BCUT2D eigenvalue weighted by Crippen LogP contribution is 2.22. The van der Waals surface area contributed by atoms with Crippen molar-refractivity contribution < 1.29 is 0 Å². The predicted molar refractivity (Wildman–Crippen MR) is 73.1 cm³/mol. The highest BCUT2D eigenvalue weighted by Gasteiger charge is 2.16. The van der Waals surface area contributed by atoms with Gasteiger partial charge >= 0.3 is 0 Å². The zero-order valence-electron chi connectivity index (χ0n) is 10.5. The summed E-state index contributed by atoms with van der Waals surface area (Å²) in [6, 6.07) is 2.37. The number of rotatable bonds is 3. The number of aryl methyl sites for hydroxylation is 2. The third kappa shape index (κ3) is 2.50. The molecule has 2 N–H and O–H groups in total. The van der Waals surface area contributed by atoms with Gasteiger partial charge in [-0.05, 0) is 39.3 Å². The molecule has 0 aliphatic heterocycles. The smallest absolute Gasteiger partial charge is 0.139 e. The number of thiocarbonyl (C=S) groups is 1. The van der Waals surface area contributed by atoms with Gasteiger partial charge in [-0.2, -0.15) is 0 Å². The number of hydrogen-bond donors (Lipinski definition) is 1. The number of aromatic nitrogens is 1. The van der Waals surface area contributed by atoms with Crippen LogP contribution in [0.25, 0.3) is 0 Å². The number of nitrogens with zero attached hydrogens (tertiary/aromatic N) is 2. The molecule has 0 radical (unpaired) electrons. The molecule has 0 aliphatic rings. The van der Waals surface area contributed by atoms with E-state index in [1.807, 2.05) is 27.0 Å². The van der Waals surface area contributed by atoms with Crippen molar-refractivity contribution in [1.29, 1.82) is 0 Å². The summed E-state index contributed by atoms with van der Waals surface area (Å²) in [4.78, 5) is 7.04. The maximum atomic E-state index is 5.77. The van der Waals surface area contributed by atoms with Crippen LogP contribution in [-0.4, -0.2) is 23.1 Å². The van der Waals surface area contributed by atoms with Crippen molar-refractivity contribution in [3.05, 3.63) is 22.9 Å². The maximum absolute atomic E-state index is 5.77. The van der Waals surface area contributed by atoms with Crippen molar-refractivity contribution in [2.75, 3.05) is 11.9 Å². The van der Waals surface area contributed by atoms with Gasteiger partial charge in [0.15, 0.2) is 0 Å². The molecule has 0 aromatic carbocycles. The molecule has 1 heterocycles. The van der Waals surface area contributed by atoms with Crippen molar-refractivity contribution in [1.82, 2.24) is 4.98 Å². The molecule has 88 valence electrons. The van der Waals surface area contributed by atoms with Gasteiger partial charge in [0.25, 0.3) is 0 Å². The lowest BCUT2D eigenvalue weighted by Crippen LogP contribution is -2.30. The summed E-state index contributed by atoms with van der Waals surface area (Å²) < 4.78 is 0. The zero-order chi connectivity index (χ0) is 12.5. The topological polar surface area (TPSA) is 42.1 Å². The van der Waals surface area contributed by atoms with E-state index in [-0.39, 0.29) is 0 Å². The first kappa shape index (κ1) is 12.9. The molecule has 4 heteroatoms. The molecular weight excluding hydrogens is 218 g/mol. The van der Waals surface area contributed by atoms with Gasteiger partial charge in [-0.3, -0.25) is 0 Å². The number of hydrogen-bond acceptors (Lipinski definition) is 3. The van der Waals surface area contributed by atoms with Crippen LogP contribution in [0.15, 0.2) is 6.07 Å². The molecule has 1 aromatic rings. The van der Waals surface area contributed by atoms with Gasteiger partial charge in [-0.1, -0.05) is 12.2 Å². The minimum absolute atomic E-state index is 0.363. The summed E-state index contributed by atoms with van der Waals surface area (Å²) in [7, 11) is 2.01. The van der Waals surface area contributed by atoms with Gasteiger partial charge in [-0.25, -0.2) is 4.98 Å². The lowest BCUT2D eigenvalue weighted by molar-refractivity contribution is 0.740. The Morgan fingerprint density at radius 1 is 1.44 bits per heavy atom. The van der Waals surface area contributed by atoms with Crippen molar-refractivity contribution in [2.45, 2.75) is 33.7 Å². The zero-order valence-corrected chi connectivity index (χ0v) is 11.4. The van der Waals surface area contributed by atoms with Gasteiger partial charge in [0, 0.05) is 18.8 Å². The monoisotopic (exact) mass is 237 g/mol. The molecular formula is C12H19N3S. The molecule has 0 unspecified atom stereocenters. The fourth-order valence-electron chi connectivity index (χ4n) is 1.62. The van der Waals surface area contributed by atoms with Gasteiger partial charge in [0.05, 0.1) is 5.56 Å². The molecule has 0 bridgehead atoms. The Hall–Kier alpha value is -1.16. The number of pyridine rings is 1. The normalized spacial score (nSPS) is 10.6. The second-order valence-corrected chi connectivity index (χ2v) is 4.79. The molecule has 0 aliphatic carbocycles. The van der Waals surface area contributed by atoms with Gasteiger partial charge in [0.1, 0.15) is 10.8 Å². The quantitative estimate of drug-likeness (QED) is 0.818. The minimum Gasteiger partial charge on any atom is -0.389 e. The predicted octanol–water partition coefficient (Wildman–Crippen LogP) is 2.18. The number of anilines is 1. The van der Waals surface area contributed by atoms with Crippen molar-refractivity contribution in [2.24, 2.45) is 5.73 Å². The Balaban J connectivity index is 3.40. The van der Waals surface area contributed by atoms with E-state index < -0.39 is 0 Å². The second-order valence-electron chi connectivity index (χ2n) is 4.35. The Labute approximate surface area is 103 Å².